The topological polar surface area (TPSA) is 62.1 Å². The molecule has 0 aliphatic carbocycles. The highest BCUT2D eigenvalue weighted by molar-refractivity contribution is 5.81. The largest absolute Gasteiger partial charge is 0.416 e. The fourth-order valence-electron chi connectivity index (χ4n) is 5.20. The van der Waals surface area contributed by atoms with Gasteiger partial charge < -0.3 is 10.2 Å². The molecular weight excluding hydrogens is 467 g/mol. The van der Waals surface area contributed by atoms with Gasteiger partial charge in [-0.2, -0.15) is 18.2 Å². The van der Waals surface area contributed by atoms with E-state index < -0.39 is 17.8 Å². The molecule has 2 fully saturated rings. The monoisotopic (exact) mass is 493 g/mol. The number of halogens is 3. The highest BCUT2D eigenvalue weighted by atomic mass is 19.4. The number of fused-ring (bicyclic) bond motifs is 2. The number of hydrogen-bond acceptors (Lipinski definition) is 6. The van der Waals surface area contributed by atoms with Crippen molar-refractivity contribution in [2.75, 3.05) is 30.0 Å². The number of aromatic nitrogens is 4. The Balaban J connectivity index is 1.22. The summed E-state index contributed by atoms with van der Waals surface area (Å²) in [5.41, 5.74) is 2.80. The van der Waals surface area contributed by atoms with Crippen molar-refractivity contribution in [1.82, 2.24) is 24.4 Å². The van der Waals surface area contributed by atoms with Crippen LogP contribution in [0.3, 0.4) is 0 Å². The summed E-state index contributed by atoms with van der Waals surface area (Å²) in [4.78, 5) is 18.4. The van der Waals surface area contributed by atoms with Gasteiger partial charge in [-0.15, -0.1) is 0 Å². The number of benzene rings is 2. The summed E-state index contributed by atoms with van der Waals surface area (Å²) in [6.45, 7) is 4.97. The van der Waals surface area contributed by atoms with Crippen LogP contribution in [0.4, 0.5) is 24.8 Å². The van der Waals surface area contributed by atoms with Crippen molar-refractivity contribution in [3.05, 3.63) is 72.2 Å². The lowest BCUT2D eigenvalue weighted by atomic mass is 10.1. The van der Waals surface area contributed by atoms with Gasteiger partial charge in [-0.3, -0.25) is 9.47 Å². The maximum absolute atomic E-state index is 13.1. The van der Waals surface area contributed by atoms with Gasteiger partial charge in [0.05, 0.1) is 29.3 Å². The minimum atomic E-state index is -4.39. The van der Waals surface area contributed by atoms with Crippen LogP contribution >= 0.6 is 0 Å². The van der Waals surface area contributed by atoms with E-state index in [9.17, 15) is 13.2 Å². The van der Waals surface area contributed by atoms with Crippen LogP contribution in [0.15, 0.2) is 61.1 Å². The summed E-state index contributed by atoms with van der Waals surface area (Å²) in [5, 5.41) is 3.12. The Morgan fingerprint density at radius 3 is 2.81 bits per heavy atom. The number of nitrogens with one attached hydrogen (secondary N) is 1. The SMILES string of the molecule is CC(Nc1nccc(-n2cnc3cc(N4CC5CCCN5C4)ccc32)n1)c1cccc(C(F)(F)F)c1. The second-order valence-corrected chi connectivity index (χ2v) is 9.49. The molecule has 36 heavy (non-hydrogen) atoms. The van der Waals surface area contributed by atoms with Crippen molar-refractivity contribution >= 4 is 22.7 Å². The lowest BCUT2D eigenvalue weighted by molar-refractivity contribution is -0.137. The first-order valence-corrected chi connectivity index (χ1v) is 12.1. The summed E-state index contributed by atoms with van der Waals surface area (Å²) < 4.78 is 41.2. The normalized spacial score (nSPS) is 19.1. The van der Waals surface area contributed by atoms with Crippen LogP contribution in [-0.2, 0) is 6.18 Å². The lowest BCUT2D eigenvalue weighted by Crippen LogP contribution is -2.25. The molecule has 0 spiro atoms. The van der Waals surface area contributed by atoms with Crippen LogP contribution in [-0.4, -0.2) is 50.2 Å². The van der Waals surface area contributed by atoms with Crippen LogP contribution in [0.25, 0.3) is 16.9 Å². The summed E-state index contributed by atoms with van der Waals surface area (Å²) in [6, 6.07) is 13.6. The van der Waals surface area contributed by atoms with E-state index in [0.29, 0.717) is 23.4 Å². The Hall–Kier alpha value is -3.66. The van der Waals surface area contributed by atoms with Gasteiger partial charge in [-0.1, -0.05) is 12.1 Å². The molecule has 4 aromatic rings. The third-order valence-electron chi connectivity index (χ3n) is 7.13. The van der Waals surface area contributed by atoms with Crippen molar-refractivity contribution in [2.24, 2.45) is 0 Å². The first-order valence-electron chi connectivity index (χ1n) is 12.1. The van der Waals surface area contributed by atoms with E-state index in [-0.39, 0.29) is 0 Å². The molecule has 2 aromatic heterocycles. The zero-order valence-electron chi connectivity index (χ0n) is 19.8. The van der Waals surface area contributed by atoms with Crippen LogP contribution in [0.1, 0.15) is 36.9 Å². The van der Waals surface area contributed by atoms with Crippen LogP contribution in [0.2, 0.25) is 0 Å². The lowest BCUT2D eigenvalue weighted by Gasteiger charge is -2.19. The van der Waals surface area contributed by atoms with Gasteiger partial charge >= 0.3 is 6.18 Å². The van der Waals surface area contributed by atoms with Gasteiger partial charge in [0.25, 0.3) is 0 Å². The number of nitrogens with zero attached hydrogens (tertiary/aromatic N) is 6. The van der Waals surface area contributed by atoms with E-state index in [2.05, 4.69) is 48.3 Å². The predicted octanol–water partition coefficient (Wildman–Crippen LogP) is 5.25. The second kappa shape index (κ2) is 8.77. The molecule has 2 saturated heterocycles. The van der Waals surface area contributed by atoms with E-state index in [0.717, 1.165) is 36.4 Å². The Morgan fingerprint density at radius 1 is 1.08 bits per heavy atom. The predicted molar refractivity (Wildman–Crippen MR) is 132 cm³/mol. The minimum Gasteiger partial charge on any atom is -0.357 e. The number of anilines is 2. The number of alkyl halides is 3. The molecule has 2 unspecified atom stereocenters. The standard InChI is InChI=1S/C26H26F3N7/c1-17(18-4-2-5-19(12-18)26(27,28)29)32-25-30-10-9-24(33-25)36-15-31-22-13-20(7-8-23(22)36)35-14-21-6-3-11-34(21)16-35/h2,4-5,7-10,12-13,15,17,21H,3,6,11,14,16H2,1H3,(H,30,32,33). The van der Waals surface area contributed by atoms with Gasteiger partial charge in [-0.05, 0) is 61.7 Å². The molecule has 0 bridgehead atoms. The van der Waals surface area contributed by atoms with Crippen molar-refractivity contribution in [3.63, 3.8) is 0 Å². The number of imidazole rings is 1. The zero-order chi connectivity index (χ0) is 24.9. The Labute approximate surface area is 206 Å². The van der Waals surface area contributed by atoms with Gasteiger partial charge in [0.15, 0.2) is 0 Å². The first-order chi connectivity index (χ1) is 17.3. The smallest absolute Gasteiger partial charge is 0.357 e. The highest BCUT2D eigenvalue weighted by Gasteiger charge is 2.34. The summed E-state index contributed by atoms with van der Waals surface area (Å²) in [6.07, 6.45) is 1.53. The second-order valence-electron chi connectivity index (χ2n) is 9.49. The van der Waals surface area contributed by atoms with Gasteiger partial charge in [0.1, 0.15) is 12.1 Å². The maximum Gasteiger partial charge on any atom is 0.416 e. The average Bonchev–Trinajstić information content (AvgIpc) is 3.58. The van der Waals surface area contributed by atoms with Crippen LogP contribution < -0.4 is 10.2 Å². The molecule has 7 nitrogen and oxygen atoms in total. The van der Waals surface area contributed by atoms with Gasteiger partial charge in [0.2, 0.25) is 5.95 Å². The van der Waals surface area contributed by atoms with Gasteiger partial charge in [0, 0.05) is 31.0 Å². The molecule has 0 saturated carbocycles. The molecule has 0 radical (unpaired) electrons. The van der Waals surface area contributed by atoms with Gasteiger partial charge in [-0.25, -0.2) is 9.97 Å². The minimum absolute atomic E-state index is 0.327. The molecule has 6 rings (SSSR count). The maximum atomic E-state index is 13.1. The van der Waals surface area contributed by atoms with Crippen molar-refractivity contribution in [2.45, 2.75) is 38.0 Å². The molecule has 4 heterocycles. The first kappa shape index (κ1) is 22.8. The summed E-state index contributed by atoms with van der Waals surface area (Å²) in [7, 11) is 0. The Kier molecular flexibility index (Phi) is 5.55. The Bertz CT molecular complexity index is 1390. The van der Waals surface area contributed by atoms with Crippen LogP contribution in [0.5, 0.6) is 0 Å². The van der Waals surface area contributed by atoms with E-state index in [1.165, 1.54) is 31.1 Å². The number of rotatable bonds is 5. The molecule has 186 valence electrons. The quantitative estimate of drug-likeness (QED) is 0.410. The fourth-order valence-corrected chi connectivity index (χ4v) is 5.20. The zero-order valence-corrected chi connectivity index (χ0v) is 19.8. The van der Waals surface area contributed by atoms with E-state index in [4.69, 9.17) is 0 Å². The highest BCUT2D eigenvalue weighted by Crippen LogP contribution is 2.32. The van der Waals surface area contributed by atoms with Crippen molar-refractivity contribution < 1.29 is 13.2 Å². The fraction of sp³-hybridized carbons (Fsp3) is 0.346. The molecular formula is C26H26F3N7. The number of hydrogen-bond donors (Lipinski definition) is 1. The van der Waals surface area contributed by atoms with Crippen molar-refractivity contribution in [1.29, 1.82) is 0 Å². The molecule has 2 aliphatic rings. The third-order valence-corrected chi connectivity index (χ3v) is 7.13. The molecule has 2 aromatic carbocycles. The summed E-state index contributed by atoms with van der Waals surface area (Å²) in [5.74, 6) is 0.953. The molecule has 10 heteroatoms. The molecule has 2 aliphatic heterocycles. The Morgan fingerprint density at radius 2 is 1.97 bits per heavy atom. The van der Waals surface area contributed by atoms with E-state index >= 15 is 0 Å². The molecule has 2 atom stereocenters. The van der Waals surface area contributed by atoms with Crippen LogP contribution in [0, 0.1) is 0 Å². The molecule has 1 N–H and O–H groups in total. The summed E-state index contributed by atoms with van der Waals surface area (Å²) >= 11 is 0. The van der Waals surface area contributed by atoms with Crippen molar-refractivity contribution in [3.8, 4) is 5.82 Å². The average molecular weight is 494 g/mol. The molecule has 0 amide bonds. The van der Waals surface area contributed by atoms with E-state index in [1.54, 1.807) is 31.6 Å². The van der Waals surface area contributed by atoms with E-state index in [1.807, 2.05) is 4.57 Å². The third kappa shape index (κ3) is 4.26.